The summed E-state index contributed by atoms with van der Waals surface area (Å²) in [6, 6.07) is 4.39. The highest BCUT2D eigenvalue weighted by Gasteiger charge is 2.38. The summed E-state index contributed by atoms with van der Waals surface area (Å²) in [5, 5.41) is 39.1. The lowest BCUT2D eigenvalue weighted by Crippen LogP contribution is -2.54. The molecule has 0 saturated heterocycles. The summed E-state index contributed by atoms with van der Waals surface area (Å²) < 4.78 is 31.7. The molecule has 0 bridgehead atoms. The quantitative estimate of drug-likeness (QED) is 0.0515. The first-order chi connectivity index (χ1) is 20.8. The van der Waals surface area contributed by atoms with Crippen LogP contribution in [0.25, 0.3) is 0 Å². The lowest BCUT2D eigenvalue weighted by Gasteiger charge is -2.25. The van der Waals surface area contributed by atoms with Gasteiger partial charge in [-0.05, 0) is 31.2 Å². The van der Waals surface area contributed by atoms with Crippen LogP contribution in [0.1, 0.15) is 50.2 Å². The Labute approximate surface area is 257 Å². The lowest BCUT2D eigenvalue weighted by atomic mass is 9.95. The van der Waals surface area contributed by atoms with Gasteiger partial charge in [0.2, 0.25) is 17.7 Å². The third-order valence-electron chi connectivity index (χ3n) is 6.08. The first-order valence-electron chi connectivity index (χ1n) is 13.7. The second-order valence-electron chi connectivity index (χ2n) is 9.99. The molecule has 1 rings (SSSR count). The van der Waals surface area contributed by atoms with E-state index in [2.05, 4.69) is 16.0 Å². The number of nitrogens with two attached hydrogens (primary N) is 2. The Hall–Kier alpha value is -4.90. The minimum atomic E-state index is -5.08. The molecule has 252 valence electrons. The molecule has 45 heavy (non-hydrogen) atoms. The van der Waals surface area contributed by atoms with Gasteiger partial charge in [-0.1, -0.05) is 44.0 Å². The standard InChI is InChI=1S/C25H40N8O5.C2HF3O2/c1-4-5-7-18(22(35)32-19(24(37)38)8-6-13-30-25(28)29)31-21(34)17(23(36)33(2)3)14-15-9-11-16(12-10-15)20(26)27;3-2(4,5)1(6)7/h9-12,17-19H,4-8,13-14H2,1-3H3,(H3,26,27)(H,31,34)(H,32,35)(H,37,38)(H4,28,29,30);(H,6,7)/t17?,18-,19-;/m0./s1. The number of halogens is 3. The largest absolute Gasteiger partial charge is 0.490 e. The van der Waals surface area contributed by atoms with E-state index in [1.165, 1.54) is 19.0 Å². The minimum absolute atomic E-state index is 0.0596. The molecule has 0 spiro atoms. The van der Waals surface area contributed by atoms with E-state index in [-0.39, 0.29) is 37.6 Å². The fourth-order valence-corrected chi connectivity index (χ4v) is 3.67. The SMILES string of the molecule is CCCC[C@H](NC(=O)C(Cc1ccc(C(=N)N)cc1)C(=O)N(C)C)C(=O)N[C@@H](CCCNC(=N)N)C(=O)O.O=C(O)C(F)(F)F. The average molecular weight is 647 g/mol. The number of carboxylic acids is 2. The molecule has 0 aliphatic heterocycles. The van der Waals surface area contributed by atoms with E-state index >= 15 is 0 Å². The molecule has 1 aromatic rings. The highest BCUT2D eigenvalue weighted by Crippen LogP contribution is 2.15. The van der Waals surface area contributed by atoms with Crippen molar-refractivity contribution in [3.8, 4) is 0 Å². The van der Waals surface area contributed by atoms with Gasteiger partial charge in [-0.25, -0.2) is 9.59 Å². The second-order valence-corrected chi connectivity index (χ2v) is 9.99. The fraction of sp³-hybridized carbons (Fsp3) is 0.519. The van der Waals surface area contributed by atoms with E-state index in [4.69, 9.17) is 32.2 Å². The van der Waals surface area contributed by atoms with Crippen molar-refractivity contribution < 1.29 is 47.4 Å². The number of alkyl halides is 3. The van der Waals surface area contributed by atoms with Crippen LogP contribution in [-0.2, 0) is 30.4 Å². The molecular formula is C27H41F3N8O7. The highest BCUT2D eigenvalue weighted by molar-refractivity contribution is 6.02. The molecule has 11 N–H and O–H groups in total. The molecule has 1 aromatic carbocycles. The molecule has 0 aliphatic carbocycles. The second kappa shape index (κ2) is 19.4. The van der Waals surface area contributed by atoms with E-state index < -0.39 is 53.8 Å². The molecule has 15 nitrogen and oxygen atoms in total. The molecule has 0 fully saturated rings. The van der Waals surface area contributed by atoms with Gasteiger partial charge in [0.15, 0.2) is 5.96 Å². The Bertz CT molecular complexity index is 1190. The molecule has 1 unspecified atom stereocenters. The van der Waals surface area contributed by atoms with E-state index in [1.807, 2.05) is 6.92 Å². The summed E-state index contributed by atoms with van der Waals surface area (Å²) in [5.74, 6) is -7.19. The Balaban J connectivity index is 0.00000246. The third-order valence-corrected chi connectivity index (χ3v) is 6.08. The zero-order valence-electron chi connectivity index (χ0n) is 25.2. The van der Waals surface area contributed by atoms with Crippen LogP contribution in [0.2, 0.25) is 0 Å². The van der Waals surface area contributed by atoms with Crippen LogP contribution in [0, 0.1) is 16.7 Å². The van der Waals surface area contributed by atoms with Crippen LogP contribution >= 0.6 is 0 Å². The van der Waals surface area contributed by atoms with Crippen molar-refractivity contribution in [2.45, 2.75) is 63.7 Å². The number of nitrogens with zero attached hydrogens (tertiary/aromatic N) is 1. The Morgan fingerprint density at radius 1 is 0.911 bits per heavy atom. The van der Waals surface area contributed by atoms with Gasteiger partial charge in [-0.3, -0.25) is 25.2 Å². The molecule has 3 atom stereocenters. The van der Waals surface area contributed by atoms with Crippen molar-refractivity contribution in [2.24, 2.45) is 17.4 Å². The van der Waals surface area contributed by atoms with Gasteiger partial charge in [0.05, 0.1) is 0 Å². The van der Waals surface area contributed by atoms with Crippen molar-refractivity contribution in [1.29, 1.82) is 10.8 Å². The van der Waals surface area contributed by atoms with E-state index in [1.54, 1.807) is 24.3 Å². The van der Waals surface area contributed by atoms with Gasteiger partial charge >= 0.3 is 18.1 Å². The van der Waals surface area contributed by atoms with Gasteiger partial charge in [-0.15, -0.1) is 0 Å². The van der Waals surface area contributed by atoms with Crippen LogP contribution in [0.15, 0.2) is 24.3 Å². The molecule has 0 aromatic heterocycles. The van der Waals surface area contributed by atoms with Crippen LogP contribution < -0.4 is 27.4 Å². The number of nitrogen functional groups attached to an aromatic ring is 1. The van der Waals surface area contributed by atoms with Crippen LogP contribution in [0.3, 0.4) is 0 Å². The number of rotatable bonds is 16. The normalized spacial score (nSPS) is 12.7. The predicted molar refractivity (Wildman–Crippen MR) is 157 cm³/mol. The topological polar surface area (TPSA) is 265 Å². The van der Waals surface area contributed by atoms with Crippen molar-refractivity contribution in [3.63, 3.8) is 0 Å². The van der Waals surface area contributed by atoms with E-state index in [9.17, 15) is 37.5 Å². The number of carbonyl (C=O) groups is 5. The monoisotopic (exact) mass is 646 g/mol. The number of carbonyl (C=O) groups excluding carboxylic acids is 3. The summed E-state index contributed by atoms with van der Waals surface area (Å²) >= 11 is 0. The van der Waals surface area contributed by atoms with Crippen molar-refractivity contribution >= 4 is 41.5 Å². The van der Waals surface area contributed by atoms with Crippen molar-refractivity contribution in [1.82, 2.24) is 20.9 Å². The summed E-state index contributed by atoms with van der Waals surface area (Å²) in [4.78, 5) is 61.1. The van der Waals surface area contributed by atoms with Crippen LogP contribution in [0.5, 0.6) is 0 Å². The minimum Gasteiger partial charge on any atom is -0.480 e. The highest BCUT2D eigenvalue weighted by atomic mass is 19.4. The smallest absolute Gasteiger partial charge is 0.480 e. The van der Waals surface area contributed by atoms with Gasteiger partial charge < -0.3 is 42.5 Å². The molecule has 0 radical (unpaired) electrons. The van der Waals surface area contributed by atoms with Crippen LogP contribution in [-0.4, -0.2) is 95.5 Å². The number of carboxylic acid groups (broad SMARTS) is 2. The van der Waals surface area contributed by atoms with Gasteiger partial charge in [0.25, 0.3) is 0 Å². The number of amides is 3. The maximum atomic E-state index is 13.3. The molecule has 0 saturated carbocycles. The van der Waals surface area contributed by atoms with Gasteiger partial charge in [0.1, 0.15) is 23.8 Å². The zero-order valence-corrected chi connectivity index (χ0v) is 25.2. The molecule has 18 heteroatoms. The maximum Gasteiger partial charge on any atom is 0.490 e. The number of unbranched alkanes of at least 4 members (excludes halogenated alkanes) is 1. The number of benzene rings is 1. The molecule has 3 amide bonds. The summed E-state index contributed by atoms with van der Waals surface area (Å²) in [7, 11) is 3.06. The van der Waals surface area contributed by atoms with Crippen LogP contribution in [0.4, 0.5) is 13.2 Å². The summed E-state index contributed by atoms with van der Waals surface area (Å²) in [6.45, 7) is 2.19. The average Bonchev–Trinajstić information content (AvgIpc) is 2.94. The fourth-order valence-electron chi connectivity index (χ4n) is 3.67. The predicted octanol–water partition coefficient (Wildman–Crippen LogP) is 0.359. The molecular weight excluding hydrogens is 605 g/mol. The number of hydrogen-bond acceptors (Lipinski definition) is 7. The maximum absolute atomic E-state index is 13.3. The van der Waals surface area contributed by atoms with Gasteiger partial charge in [0, 0.05) is 26.2 Å². The number of amidine groups is 1. The zero-order chi connectivity index (χ0) is 34.9. The number of nitrogens with one attached hydrogen (secondary N) is 5. The van der Waals surface area contributed by atoms with Crippen molar-refractivity contribution in [2.75, 3.05) is 20.6 Å². The molecule has 0 heterocycles. The number of guanidine groups is 1. The Morgan fingerprint density at radius 2 is 1.42 bits per heavy atom. The van der Waals surface area contributed by atoms with Gasteiger partial charge in [-0.2, -0.15) is 13.2 Å². The lowest BCUT2D eigenvalue weighted by molar-refractivity contribution is -0.192. The van der Waals surface area contributed by atoms with E-state index in [0.717, 1.165) is 6.42 Å². The third kappa shape index (κ3) is 15.9. The van der Waals surface area contributed by atoms with E-state index in [0.29, 0.717) is 24.0 Å². The Morgan fingerprint density at radius 3 is 1.84 bits per heavy atom. The number of aliphatic carboxylic acids is 2. The summed E-state index contributed by atoms with van der Waals surface area (Å²) in [6.07, 6.45) is -3.00. The first kappa shape index (κ1) is 40.1. The Kier molecular flexibility index (Phi) is 17.3. The van der Waals surface area contributed by atoms with Crippen molar-refractivity contribution in [3.05, 3.63) is 35.4 Å². The molecule has 0 aliphatic rings. The first-order valence-corrected chi connectivity index (χ1v) is 13.7. The summed E-state index contributed by atoms with van der Waals surface area (Å²) in [5.41, 5.74) is 11.9. The number of hydrogen-bond donors (Lipinski definition) is 9.